The van der Waals surface area contributed by atoms with Crippen LogP contribution >= 0.6 is 0 Å². The van der Waals surface area contributed by atoms with Crippen molar-refractivity contribution in [3.8, 4) is 11.4 Å². The van der Waals surface area contributed by atoms with Crippen LogP contribution in [0.15, 0.2) is 63.8 Å². The molecule has 28 heavy (non-hydrogen) atoms. The summed E-state index contributed by atoms with van der Waals surface area (Å²) in [5.41, 5.74) is 1.57. The van der Waals surface area contributed by atoms with Gasteiger partial charge in [0, 0.05) is 23.2 Å². The second kappa shape index (κ2) is 6.45. The van der Waals surface area contributed by atoms with Gasteiger partial charge >= 0.3 is 0 Å². The molecule has 5 rings (SSSR count). The number of aromatic nitrogens is 3. The van der Waals surface area contributed by atoms with E-state index in [9.17, 15) is 9.59 Å². The summed E-state index contributed by atoms with van der Waals surface area (Å²) in [5.74, 6) is 1.57. The Hall–Kier alpha value is -3.74. The van der Waals surface area contributed by atoms with Gasteiger partial charge in [0.2, 0.25) is 0 Å². The Kier molecular flexibility index (Phi) is 3.79. The minimum absolute atomic E-state index is 0.0316. The maximum absolute atomic E-state index is 12.5. The maximum atomic E-state index is 12.5. The van der Waals surface area contributed by atoms with Gasteiger partial charge in [0.05, 0.1) is 5.39 Å². The maximum Gasteiger partial charge on any atom is 0.291 e. The van der Waals surface area contributed by atoms with Crippen molar-refractivity contribution >= 4 is 22.6 Å². The van der Waals surface area contributed by atoms with Crippen LogP contribution in [0.3, 0.4) is 0 Å². The number of fused-ring (bicyclic) bond motifs is 1. The van der Waals surface area contributed by atoms with Crippen LogP contribution in [-0.2, 0) is 0 Å². The van der Waals surface area contributed by atoms with Gasteiger partial charge in [0.25, 0.3) is 5.91 Å². The van der Waals surface area contributed by atoms with Crippen molar-refractivity contribution in [2.24, 2.45) is 0 Å². The van der Waals surface area contributed by atoms with E-state index in [1.807, 2.05) is 12.1 Å². The Morgan fingerprint density at radius 1 is 1.11 bits per heavy atom. The number of H-pyrrole nitrogens is 1. The fraction of sp³-hybridized carbons (Fsp3) is 0.143. The van der Waals surface area contributed by atoms with Gasteiger partial charge in [-0.15, -0.1) is 0 Å². The van der Waals surface area contributed by atoms with Crippen molar-refractivity contribution in [2.45, 2.75) is 18.8 Å². The third-order valence-electron chi connectivity index (χ3n) is 4.73. The predicted octanol–water partition coefficient (Wildman–Crippen LogP) is 3.71. The van der Waals surface area contributed by atoms with Gasteiger partial charge in [-0.25, -0.2) is 4.98 Å². The number of nitrogens with one attached hydrogen (secondary N) is 2. The molecule has 1 fully saturated rings. The van der Waals surface area contributed by atoms with Crippen molar-refractivity contribution in [3.63, 3.8) is 0 Å². The number of hydrogen-bond acceptors (Lipinski definition) is 5. The molecule has 0 radical (unpaired) electrons. The van der Waals surface area contributed by atoms with Crippen LogP contribution in [-0.4, -0.2) is 21.1 Å². The zero-order valence-corrected chi connectivity index (χ0v) is 14.8. The van der Waals surface area contributed by atoms with E-state index < -0.39 is 5.91 Å². The lowest BCUT2D eigenvalue weighted by atomic mass is 10.2. The zero-order chi connectivity index (χ0) is 19.1. The Balaban J connectivity index is 1.35. The summed E-state index contributed by atoms with van der Waals surface area (Å²) in [4.78, 5) is 29.1. The SMILES string of the molecule is O=C(Nc1ccc(-c2n[nH]c(C3CC3)n2)cc1)c1cc(=O)c2ccccc2o1. The van der Waals surface area contributed by atoms with Gasteiger partial charge in [-0.05, 0) is 49.2 Å². The molecule has 0 unspecified atom stereocenters. The second-order valence-electron chi connectivity index (χ2n) is 6.82. The molecule has 4 aromatic rings. The van der Waals surface area contributed by atoms with E-state index in [1.54, 1.807) is 36.4 Å². The summed E-state index contributed by atoms with van der Waals surface area (Å²) in [6.45, 7) is 0. The smallest absolute Gasteiger partial charge is 0.291 e. The van der Waals surface area contributed by atoms with Gasteiger partial charge in [-0.3, -0.25) is 14.7 Å². The van der Waals surface area contributed by atoms with E-state index >= 15 is 0 Å². The van der Waals surface area contributed by atoms with Crippen LogP contribution in [0.5, 0.6) is 0 Å². The lowest BCUT2D eigenvalue weighted by Crippen LogP contribution is -2.14. The third kappa shape index (κ3) is 3.07. The van der Waals surface area contributed by atoms with E-state index in [-0.39, 0.29) is 11.2 Å². The summed E-state index contributed by atoms with van der Waals surface area (Å²) in [6.07, 6.45) is 2.31. The van der Waals surface area contributed by atoms with E-state index in [2.05, 4.69) is 20.5 Å². The molecule has 1 amide bonds. The summed E-state index contributed by atoms with van der Waals surface area (Å²) in [7, 11) is 0. The summed E-state index contributed by atoms with van der Waals surface area (Å²) in [6, 6.07) is 15.2. The summed E-state index contributed by atoms with van der Waals surface area (Å²) in [5, 5.41) is 10.4. The van der Waals surface area contributed by atoms with Crippen LogP contribution in [0, 0.1) is 0 Å². The van der Waals surface area contributed by atoms with E-state index in [4.69, 9.17) is 4.42 Å². The van der Waals surface area contributed by atoms with E-state index in [0.29, 0.717) is 28.4 Å². The molecule has 7 heteroatoms. The number of nitrogens with zero attached hydrogens (tertiary/aromatic N) is 2. The molecule has 0 bridgehead atoms. The Morgan fingerprint density at radius 2 is 1.89 bits per heavy atom. The van der Waals surface area contributed by atoms with Crippen LogP contribution in [0.1, 0.15) is 35.1 Å². The fourth-order valence-corrected chi connectivity index (χ4v) is 3.05. The van der Waals surface area contributed by atoms with Crippen LogP contribution in [0.4, 0.5) is 5.69 Å². The van der Waals surface area contributed by atoms with E-state index in [0.717, 1.165) is 24.2 Å². The van der Waals surface area contributed by atoms with Crippen molar-refractivity contribution < 1.29 is 9.21 Å². The minimum atomic E-state index is -0.482. The van der Waals surface area contributed by atoms with Crippen molar-refractivity contribution in [3.05, 3.63) is 76.4 Å². The highest BCUT2D eigenvalue weighted by atomic mass is 16.3. The number of hydrogen-bond donors (Lipinski definition) is 2. The number of carbonyl (C=O) groups is 1. The number of carbonyl (C=O) groups excluding carboxylic acids is 1. The van der Waals surface area contributed by atoms with Gasteiger partial charge in [-0.1, -0.05) is 12.1 Å². The highest BCUT2D eigenvalue weighted by Gasteiger charge is 2.27. The number of para-hydroxylation sites is 1. The van der Waals surface area contributed by atoms with Crippen LogP contribution < -0.4 is 10.7 Å². The highest BCUT2D eigenvalue weighted by Crippen LogP contribution is 2.38. The second-order valence-corrected chi connectivity index (χ2v) is 6.82. The number of anilines is 1. The third-order valence-corrected chi connectivity index (χ3v) is 4.73. The van der Waals surface area contributed by atoms with Crippen LogP contribution in [0.2, 0.25) is 0 Å². The molecule has 1 aliphatic rings. The Morgan fingerprint density at radius 3 is 2.68 bits per heavy atom. The number of aromatic amines is 1. The quantitative estimate of drug-likeness (QED) is 0.569. The number of rotatable bonds is 4. The molecule has 1 saturated carbocycles. The lowest BCUT2D eigenvalue weighted by molar-refractivity contribution is 0.0997. The van der Waals surface area contributed by atoms with Gasteiger partial charge in [-0.2, -0.15) is 5.10 Å². The molecule has 2 aromatic heterocycles. The number of benzene rings is 2. The fourth-order valence-electron chi connectivity index (χ4n) is 3.05. The Bertz CT molecular complexity index is 1240. The van der Waals surface area contributed by atoms with Crippen molar-refractivity contribution in [1.82, 2.24) is 15.2 Å². The van der Waals surface area contributed by atoms with Crippen molar-refractivity contribution in [2.75, 3.05) is 5.32 Å². The first kappa shape index (κ1) is 16.4. The molecule has 7 nitrogen and oxygen atoms in total. The first-order valence-corrected chi connectivity index (χ1v) is 9.04. The van der Waals surface area contributed by atoms with Gasteiger partial charge in [0.1, 0.15) is 11.4 Å². The molecule has 1 aliphatic carbocycles. The highest BCUT2D eigenvalue weighted by molar-refractivity contribution is 6.03. The molecule has 2 heterocycles. The predicted molar refractivity (Wildman–Crippen MR) is 104 cm³/mol. The lowest BCUT2D eigenvalue weighted by Gasteiger charge is -2.06. The topological polar surface area (TPSA) is 101 Å². The molecule has 2 aromatic carbocycles. The van der Waals surface area contributed by atoms with Crippen molar-refractivity contribution in [1.29, 1.82) is 0 Å². The molecule has 0 saturated heterocycles. The van der Waals surface area contributed by atoms with Gasteiger partial charge < -0.3 is 9.73 Å². The first-order valence-electron chi connectivity index (χ1n) is 9.04. The average Bonchev–Trinajstić information content (AvgIpc) is 3.45. The molecular formula is C21H16N4O3. The molecule has 138 valence electrons. The summed E-state index contributed by atoms with van der Waals surface area (Å²) < 4.78 is 5.56. The van der Waals surface area contributed by atoms with E-state index in [1.165, 1.54) is 6.07 Å². The van der Waals surface area contributed by atoms with Crippen LogP contribution in [0.25, 0.3) is 22.4 Å². The monoisotopic (exact) mass is 372 g/mol. The largest absolute Gasteiger partial charge is 0.451 e. The first-order chi connectivity index (χ1) is 13.7. The number of amides is 1. The standard InChI is InChI=1S/C21H16N4O3/c26-16-11-18(28-17-4-2-1-3-15(16)17)21(27)22-14-9-7-13(8-10-14)20-23-19(24-25-20)12-5-6-12/h1-4,7-12H,5-6H2,(H,22,27)(H,23,24,25). The molecule has 0 atom stereocenters. The molecule has 2 N–H and O–H groups in total. The average molecular weight is 372 g/mol. The summed E-state index contributed by atoms with van der Waals surface area (Å²) >= 11 is 0. The van der Waals surface area contributed by atoms with Gasteiger partial charge in [0.15, 0.2) is 17.0 Å². The molecule has 0 spiro atoms. The zero-order valence-electron chi connectivity index (χ0n) is 14.8. The minimum Gasteiger partial charge on any atom is -0.451 e. The Labute approximate surface area is 159 Å². The molecule has 0 aliphatic heterocycles. The normalized spacial score (nSPS) is 13.6. The molecular weight excluding hydrogens is 356 g/mol.